The van der Waals surface area contributed by atoms with Crippen LogP contribution < -0.4 is 11.1 Å². The van der Waals surface area contributed by atoms with E-state index in [1.54, 1.807) is 0 Å². The van der Waals surface area contributed by atoms with Crippen molar-refractivity contribution >= 4 is 5.91 Å². The van der Waals surface area contributed by atoms with Gasteiger partial charge in [0, 0.05) is 6.92 Å². The lowest BCUT2D eigenvalue weighted by Crippen LogP contribution is -2.72. The van der Waals surface area contributed by atoms with Crippen molar-refractivity contribution in [1.29, 1.82) is 0 Å². The summed E-state index contributed by atoms with van der Waals surface area (Å²) in [5.74, 6) is -0.507. The molecule has 5 atom stereocenters. The minimum Gasteiger partial charge on any atom is -0.392 e. The number of nitrogens with two attached hydrogens (primary N) is 1. The predicted octanol–water partition coefficient (Wildman–Crippen LogP) is -3.79. The van der Waals surface area contributed by atoms with Gasteiger partial charge in [0.1, 0.15) is 18.2 Å². The first-order chi connectivity index (χ1) is 7.31. The predicted molar refractivity (Wildman–Crippen MR) is 50.7 cm³/mol. The van der Waals surface area contributed by atoms with Gasteiger partial charge in [-0.1, -0.05) is 0 Å². The quantitative estimate of drug-likeness (QED) is 0.288. The molecule has 1 heterocycles. The molecule has 0 spiro atoms. The van der Waals surface area contributed by atoms with E-state index in [9.17, 15) is 20.1 Å². The standard InChI is InChI=1S/C8H16N2O6/c1-3(12)10-4-5(13)6(14)8(9,2-11)16-7(4)15/h4-7,11,13-15H,2,9H2,1H3,(H,10,12)/t4-,5-,6+,7-,8-/m1/s1. The van der Waals surface area contributed by atoms with E-state index in [1.165, 1.54) is 6.92 Å². The number of aliphatic hydroxyl groups is 4. The van der Waals surface area contributed by atoms with Crippen LogP contribution >= 0.6 is 0 Å². The molecule has 0 aromatic heterocycles. The Morgan fingerprint density at radius 3 is 2.50 bits per heavy atom. The van der Waals surface area contributed by atoms with Crippen molar-refractivity contribution in [1.82, 2.24) is 5.32 Å². The first-order valence-electron chi connectivity index (χ1n) is 4.70. The fraction of sp³-hybridized carbons (Fsp3) is 0.875. The third kappa shape index (κ3) is 2.32. The summed E-state index contributed by atoms with van der Waals surface area (Å²) >= 11 is 0. The third-order valence-electron chi connectivity index (χ3n) is 2.46. The Labute approximate surface area is 91.6 Å². The highest BCUT2D eigenvalue weighted by atomic mass is 16.6. The van der Waals surface area contributed by atoms with Gasteiger partial charge in [-0.25, -0.2) is 0 Å². The summed E-state index contributed by atoms with van der Waals surface area (Å²) in [5.41, 5.74) is 3.47. The van der Waals surface area contributed by atoms with Gasteiger partial charge >= 0.3 is 0 Å². The Balaban J connectivity index is 2.83. The van der Waals surface area contributed by atoms with Crippen LogP contribution in [0, 0.1) is 0 Å². The average molecular weight is 236 g/mol. The van der Waals surface area contributed by atoms with Crippen LogP contribution in [0.1, 0.15) is 6.92 Å². The second kappa shape index (κ2) is 4.62. The number of amides is 1. The first kappa shape index (κ1) is 13.3. The summed E-state index contributed by atoms with van der Waals surface area (Å²) in [6, 6.07) is -1.20. The molecule has 0 saturated carbocycles. The second-order valence-corrected chi connectivity index (χ2v) is 3.78. The molecule has 7 N–H and O–H groups in total. The first-order valence-corrected chi connectivity index (χ1v) is 4.70. The Kier molecular flexibility index (Phi) is 3.84. The number of ether oxygens (including phenoxy) is 1. The van der Waals surface area contributed by atoms with Crippen LogP contribution in [0.3, 0.4) is 0 Å². The van der Waals surface area contributed by atoms with Gasteiger partial charge < -0.3 is 30.5 Å². The smallest absolute Gasteiger partial charge is 0.217 e. The summed E-state index contributed by atoms with van der Waals surface area (Å²) in [7, 11) is 0. The third-order valence-corrected chi connectivity index (χ3v) is 2.46. The van der Waals surface area contributed by atoms with Crippen molar-refractivity contribution < 1.29 is 30.0 Å². The molecule has 1 amide bonds. The molecular formula is C8H16N2O6. The molecule has 0 aliphatic carbocycles. The van der Waals surface area contributed by atoms with Crippen molar-refractivity contribution in [3.05, 3.63) is 0 Å². The molecule has 8 nitrogen and oxygen atoms in total. The molecule has 0 radical (unpaired) electrons. The summed E-state index contributed by atoms with van der Waals surface area (Å²) in [6.45, 7) is 0.400. The van der Waals surface area contributed by atoms with E-state index in [2.05, 4.69) is 5.32 Å². The molecule has 94 valence electrons. The molecule has 16 heavy (non-hydrogen) atoms. The van der Waals surface area contributed by atoms with Gasteiger partial charge in [0.25, 0.3) is 0 Å². The molecule has 1 fully saturated rings. The lowest BCUT2D eigenvalue weighted by atomic mass is 9.93. The molecule has 1 aliphatic rings. The van der Waals surface area contributed by atoms with Crippen LogP contribution in [0.5, 0.6) is 0 Å². The van der Waals surface area contributed by atoms with Gasteiger partial charge in [0.15, 0.2) is 12.0 Å². The summed E-state index contributed by atoms with van der Waals surface area (Å²) in [5, 5.41) is 39.8. The molecule has 1 rings (SSSR count). The van der Waals surface area contributed by atoms with E-state index in [0.29, 0.717) is 0 Å². The van der Waals surface area contributed by atoms with Crippen molar-refractivity contribution in [3.8, 4) is 0 Å². The fourth-order valence-corrected chi connectivity index (χ4v) is 1.54. The van der Waals surface area contributed by atoms with Gasteiger partial charge in [-0.3, -0.25) is 10.5 Å². The van der Waals surface area contributed by atoms with E-state index in [4.69, 9.17) is 15.6 Å². The topological polar surface area (TPSA) is 145 Å². The van der Waals surface area contributed by atoms with E-state index in [-0.39, 0.29) is 0 Å². The molecular weight excluding hydrogens is 220 g/mol. The van der Waals surface area contributed by atoms with Gasteiger partial charge in [-0.2, -0.15) is 0 Å². The molecule has 1 aliphatic heterocycles. The zero-order valence-corrected chi connectivity index (χ0v) is 8.70. The van der Waals surface area contributed by atoms with Crippen molar-refractivity contribution in [2.45, 2.75) is 37.2 Å². The number of aliphatic hydroxyl groups excluding tert-OH is 4. The van der Waals surface area contributed by atoms with Crippen LogP contribution in [0.15, 0.2) is 0 Å². The maximum Gasteiger partial charge on any atom is 0.217 e. The number of carbonyl (C=O) groups is 1. The number of hydrogen-bond acceptors (Lipinski definition) is 7. The zero-order valence-electron chi connectivity index (χ0n) is 8.70. The highest BCUT2D eigenvalue weighted by Gasteiger charge is 2.51. The molecule has 8 heteroatoms. The van der Waals surface area contributed by atoms with E-state index in [1.807, 2.05) is 0 Å². The van der Waals surface area contributed by atoms with Gasteiger partial charge in [-0.15, -0.1) is 0 Å². The SMILES string of the molecule is CC(=O)N[C@@H]1[C@@H](O)[C@H](O)[C@@](N)(CO)O[C@H]1O. The molecule has 0 bridgehead atoms. The Hall–Kier alpha value is -0.770. The molecule has 0 unspecified atom stereocenters. The molecule has 0 aromatic rings. The van der Waals surface area contributed by atoms with Crippen molar-refractivity contribution in [2.24, 2.45) is 5.73 Å². The largest absolute Gasteiger partial charge is 0.392 e. The Morgan fingerprint density at radius 1 is 1.50 bits per heavy atom. The maximum absolute atomic E-state index is 10.8. The van der Waals surface area contributed by atoms with E-state index < -0.39 is 42.8 Å². The number of carbonyl (C=O) groups excluding carboxylic acids is 1. The van der Waals surface area contributed by atoms with Crippen LogP contribution in [-0.2, 0) is 9.53 Å². The van der Waals surface area contributed by atoms with E-state index >= 15 is 0 Å². The van der Waals surface area contributed by atoms with Crippen LogP contribution in [0.25, 0.3) is 0 Å². The van der Waals surface area contributed by atoms with Crippen LogP contribution in [-0.4, -0.2) is 63.2 Å². The number of rotatable bonds is 2. The highest BCUT2D eigenvalue weighted by molar-refractivity contribution is 5.73. The second-order valence-electron chi connectivity index (χ2n) is 3.78. The van der Waals surface area contributed by atoms with Gasteiger partial charge in [0.2, 0.25) is 5.91 Å². The summed E-state index contributed by atoms with van der Waals surface area (Å²) < 4.78 is 4.78. The monoisotopic (exact) mass is 236 g/mol. The van der Waals surface area contributed by atoms with Crippen molar-refractivity contribution in [3.63, 3.8) is 0 Å². The summed E-state index contributed by atoms with van der Waals surface area (Å²) in [6.07, 6.45) is -4.78. The lowest BCUT2D eigenvalue weighted by Gasteiger charge is -2.45. The lowest BCUT2D eigenvalue weighted by molar-refractivity contribution is -0.298. The average Bonchev–Trinajstić information content (AvgIpc) is 2.21. The Morgan fingerprint density at radius 2 is 2.06 bits per heavy atom. The number of nitrogens with one attached hydrogen (secondary N) is 1. The summed E-state index contributed by atoms with van der Waals surface area (Å²) in [4.78, 5) is 10.8. The number of hydrogen-bond donors (Lipinski definition) is 6. The van der Waals surface area contributed by atoms with Crippen LogP contribution in [0.2, 0.25) is 0 Å². The normalized spacial score (nSPS) is 44.1. The Bertz CT molecular complexity index is 275. The van der Waals surface area contributed by atoms with E-state index in [0.717, 1.165) is 0 Å². The van der Waals surface area contributed by atoms with Crippen LogP contribution in [0.4, 0.5) is 0 Å². The minimum absolute atomic E-state index is 0.507. The van der Waals surface area contributed by atoms with Crippen molar-refractivity contribution in [2.75, 3.05) is 6.61 Å². The maximum atomic E-state index is 10.8. The van der Waals surface area contributed by atoms with Gasteiger partial charge in [0.05, 0.1) is 6.61 Å². The fourth-order valence-electron chi connectivity index (χ4n) is 1.54. The highest BCUT2D eigenvalue weighted by Crippen LogP contribution is 2.24. The zero-order chi connectivity index (χ0) is 12.5. The molecule has 1 saturated heterocycles. The van der Waals surface area contributed by atoms with Gasteiger partial charge in [-0.05, 0) is 0 Å². The minimum atomic E-state index is -1.95. The molecule has 0 aromatic carbocycles.